The Morgan fingerprint density at radius 1 is 1.12 bits per heavy atom. The highest BCUT2D eigenvalue weighted by Gasteiger charge is 2.48. The van der Waals surface area contributed by atoms with Gasteiger partial charge in [-0.2, -0.15) is 0 Å². The van der Waals surface area contributed by atoms with E-state index < -0.39 is 0 Å². The minimum absolute atomic E-state index is 0.291. The summed E-state index contributed by atoms with van der Waals surface area (Å²) in [4.78, 5) is 4.74. The van der Waals surface area contributed by atoms with Gasteiger partial charge in [0.2, 0.25) is 0 Å². The minimum Gasteiger partial charge on any atom is -0.299 e. The second-order valence-corrected chi connectivity index (χ2v) is 7.83. The van der Waals surface area contributed by atoms with Gasteiger partial charge in [-0.05, 0) is 65.8 Å². The lowest BCUT2D eigenvalue weighted by molar-refractivity contribution is 0.708. The third-order valence-corrected chi connectivity index (χ3v) is 6.36. The number of fused-ring (bicyclic) bond motifs is 6. The first kappa shape index (κ1) is 14.0. The summed E-state index contributed by atoms with van der Waals surface area (Å²) in [6.07, 6.45) is 5.30. The Morgan fingerprint density at radius 2 is 1.88 bits per heavy atom. The largest absolute Gasteiger partial charge is 0.299 e. The van der Waals surface area contributed by atoms with Crippen molar-refractivity contribution in [2.75, 3.05) is 0 Å². The predicted octanol–water partition coefficient (Wildman–Crippen LogP) is 5.56. The van der Waals surface area contributed by atoms with Crippen LogP contribution in [0.3, 0.4) is 0 Å². The second-order valence-electron chi connectivity index (χ2n) is 7.83. The van der Waals surface area contributed by atoms with Crippen LogP contribution in [0.5, 0.6) is 0 Å². The van der Waals surface area contributed by atoms with Gasteiger partial charge in [-0.25, -0.2) is 4.98 Å². The number of imidazole rings is 1. The molecular weight excluding hydrogens is 292 g/mol. The molecule has 24 heavy (non-hydrogen) atoms. The fourth-order valence-corrected chi connectivity index (χ4v) is 4.34. The molecule has 0 spiro atoms. The van der Waals surface area contributed by atoms with Gasteiger partial charge in [0.1, 0.15) is 5.65 Å². The molecule has 1 fully saturated rings. The van der Waals surface area contributed by atoms with E-state index in [-0.39, 0.29) is 0 Å². The predicted molar refractivity (Wildman–Crippen MR) is 101 cm³/mol. The molecule has 0 amide bonds. The Bertz CT molecular complexity index is 1140. The number of hydrogen-bond acceptors (Lipinski definition) is 1. The number of pyridine rings is 1. The Balaban J connectivity index is 2.06. The van der Waals surface area contributed by atoms with Gasteiger partial charge in [-0.1, -0.05) is 32.0 Å². The summed E-state index contributed by atoms with van der Waals surface area (Å²) < 4.78 is 2.27. The van der Waals surface area contributed by atoms with E-state index in [9.17, 15) is 0 Å². The van der Waals surface area contributed by atoms with E-state index in [1.807, 2.05) is 6.20 Å². The van der Waals surface area contributed by atoms with Crippen LogP contribution in [-0.2, 0) is 5.41 Å². The maximum absolute atomic E-state index is 4.74. The molecule has 2 aromatic heterocycles. The lowest BCUT2D eigenvalue weighted by atomic mass is 9.89. The number of benzene rings is 2. The molecular formula is C22H22N2. The normalized spacial score (nSPS) is 23.4. The molecule has 2 atom stereocenters. The Hall–Kier alpha value is -2.35. The monoisotopic (exact) mass is 314 g/mol. The Kier molecular flexibility index (Phi) is 2.56. The van der Waals surface area contributed by atoms with Crippen molar-refractivity contribution in [3.63, 3.8) is 0 Å². The first-order chi connectivity index (χ1) is 11.5. The molecule has 4 aromatic rings. The molecule has 0 saturated heterocycles. The van der Waals surface area contributed by atoms with E-state index >= 15 is 0 Å². The molecule has 120 valence electrons. The summed E-state index contributed by atoms with van der Waals surface area (Å²) in [6.45, 7) is 9.14. The highest BCUT2D eigenvalue weighted by Crippen LogP contribution is 2.55. The van der Waals surface area contributed by atoms with Crippen molar-refractivity contribution in [3.05, 3.63) is 59.4 Å². The van der Waals surface area contributed by atoms with Crippen LogP contribution in [0.15, 0.2) is 42.7 Å². The first-order valence-electron chi connectivity index (χ1n) is 8.80. The highest BCUT2D eigenvalue weighted by atomic mass is 15.0. The van der Waals surface area contributed by atoms with E-state index in [1.165, 1.54) is 44.8 Å². The lowest BCUT2D eigenvalue weighted by Gasteiger charge is -2.17. The second kappa shape index (κ2) is 4.38. The molecule has 2 nitrogen and oxygen atoms in total. The topological polar surface area (TPSA) is 17.3 Å². The number of nitrogens with zero attached hydrogens (tertiary/aromatic N) is 2. The molecule has 2 heteroatoms. The van der Waals surface area contributed by atoms with Crippen molar-refractivity contribution >= 4 is 27.3 Å². The molecule has 1 unspecified atom stereocenters. The number of aryl methyl sites for hydroxylation is 2. The number of hydrogen-bond donors (Lipinski definition) is 0. The van der Waals surface area contributed by atoms with Gasteiger partial charge in [0.25, 0.3) is 0 Å². The molecule has 1 aliphatic carbocycles. The van der Waals surface area contributed by atoms with Gasteiger partial charge >= 0.3 is 0 Å². The molecule has 0 radical (unpaired) electrons. The highest BCUT2D eigenvalue weighted by molar-refractivity contribution is 6.13. The minimum atomic E-state index is 0.291. The van der Waals surface area contributed by atoms with Crippen molar-refractivity contribution in [2.24, 2.45) is 5.92 Å². The summed E-state index contributed by atoms with van der Waals surface area (Å²) >= 11 is 0. The van der Waals surface area contributed by atoms with Gasteiger partial charge in [-0.15, -0.1) is 0 Å². The average Bonchev–Trinajstić information content (AvgIpc) is 2.99. The third-order valence-electron chi connectivity index (χ3n) is 6.36. The van der Waals surface area contributed by atoms with E-state index in [2.05, 4.69) is 68.6 Å². The van der Waals surface area contributed by atoms with Gasteiger partial charge in [0.05, 0.1) is 5.52 Å². The maximum Gasteiger partial charge on any atom is 0.145 e. The van der Waals surface area contributed by atoms with Crippen LogP contribution in [0.1, 0.15) is 37.0 Å². The fourth-order valence-electron chi connectivity index (χ4n) is 4.34. The van der Waals surface area contributed by atoms with Crippen molar-refractivity contribution in [1.29, 1.82) is 0 Å². The van der Waals surface area contributed by atoms with Crippen LogP contribution < -0.4 is 0 Å². The standard InChI is InChI=1S/C22H22N2/c1-13-10-17-16-6-5-7-18(22(4)12-15(22)3)20(16)21-23-8-9-24(21)19(17)11-14(13)2/h5-11,15H,12H2,1-4H3/t15-,22?/m0/s1. The molecule has 1 aliphatic rings. The lowest BCUT2D eigenvalue weighted by Crippen LogP contribution is -2.05. The third kappa shape index (κ3) is 1.64. The van der Waals surface area contributed by atoms with Crippen molar-refractivity contribution in [2.45, 2.75) is 39.5 Å². The zero-order valence-corrected chi connectivity index (χ0v) is 14.7. The number of rotatable bonds is 1. The van der Waals surface area contributed by atoms with E-state index in [1.54, 1.807) is 0 Å². The number of aromatic nitrogens is 2. The van der Waals surface area contributed by atoms with Gasteiger partial charge in [0.15, 0.2) is 0 Å². The summed E-state index contributed by atoms with van der Waals surface area (Å²) in [5, 5.41) is 4.01. The van der Waals surface area contributed by atoms with E-state index in [0.717, 1.165) is 11.6 Å². The maximum atomic E-state index is 4.74. The molecule has 1 saturated carbocycles. The van der Waals surface area contributed by atoms with Gasteiger partial charge in [-0.3, -0.25) is 4.40 Å². The molecule has 2 heterocycles. The molecule has 0 bridgehead atoms. The van der Waals surface area contributed by atoms with Gasteiger partial charge in [0, 0.05) is 23.2 Å². The molecule has 0 N–H and O–H groups in total. The Morgan fingerprint density at radius 3 is 2.62 bits per heavy atom. The average molecular weight is 314 g/mol. The van der Waals surface area contributed by atoms with Crippen LogP contribution >= 0.6 is 0 Å². The molecule has 0 aliphatic heterocycles. The van der Waals surface area contributed by atoms with Crippen molar-refractivity contribution in [1.82, 2.24) is 9.38 Å². The summed E-state index contributed by atoms with van der Waals surface area (Å²) in [5.74, 6) is 0.744. The van der Waals surface area contributed by atoms with Crippen LogP contribution in [-0.4, -0.2) is 9.38 Å². The van der Waals surface area contributed by atoms with Gasteiger partial charge < -0.3 is 0 Å². The SMILES string of the molecule is Cc1cc2c3cccc(C4(C)C[C@@H]4C)c3c3nccn3c2cc1C. The Labute approximate surface area is 142 Å². The van der Waals surface area contributed by atoms with Crippen molar-refractivity contribution < 1.29 is 0 Å². The van der Waals surface area contributed by atoms with Crippen molar-refractivity contribution in [3.8, 4) is 0 Å². The zero-order valence-electron chi connectivity index (χ0n) is 14.7. The van der Waals surface area contributed by atoms with Crippen LogP contribution in [0.4, 0.5) is 0 Å². The molecule has 5 rings (SSSR count). The first-order valence-corrected chi connectivity index (χ1v) is 8.80. The molecule has 2 aromatic carbocycles. The smallest absolute Gasteiger partial charge is 0.145 e. The quantitative estimate of drug-likeness (QED) is 0.421. The van der Waals surface area contributed by atoms with Crippen LogP contribution in [0.25, 0.3) is 27.3 Å². The summed E-state index contributed by atoms with van der Waals surface area (Å²) in [7, 11) is 0. The van der Waals surface area contributed by atoms with E-state index in [0.29, 0.717) is 5.41 Å². The zero-order chi connectivity index (χ0) is 16.6. The van der Waals surface area contributed by atoms with Crippen LogP contribution in [0.2, 0.25) is 0 Å². The van der Waals surface area contributed by atoms with Crippen LogP contribution in [0, 0.1) is 19.8 Å². The fraction of sp³-hybridized carbons (Fsp3) is 0.318. The van der Waals surface area contributed by atoms with E-state index in [4.69, 9.17) is 4.98 Å². The summed E-state index contributed by atoms with van der Waals surface area (Å²) in [6, 6.07) is 11.4. The summed E-state index contributed by atoms with van der Waals surface area (Å²) in [5.41, 5.74) is 6.78.